The quantitative estimate of drug-likeness (QED) is 0.586. The number of hydrogen-bond acceptors (Lipinski definition) is 4. The minimum Gasteiger partial charge on any atom is -0.279 e. The van der Waals surface area contributed by atoms with Crippen molar-refractivity contribution in [3.05, 3.63) is 82.3 Å². The summed E-state index contributed by atoms with van der Waals surface area (Å²) in [5.41, 5.74) is 0.847. The van der Waals surface area contributed by atoms with Gasteiger partial charge in [-0.2, -0.15) is 9.40 Å². The van der Waals surface area contributed by atoms with Crippen LogP contribution in [0.25, 0.3) is 0 Å². The number of piperidine rings is 1. The molecule has 1 aliphatic heterocycles. The molecule has 1 fully saturated rings. The molecule has 2 heterocycles. The molecule has 7 nitrogen and oxygen atoms in total. The van der Waals surface area contributed by atoms with Gasteiger partial charge in [0.15, 0.2) is 0 Å². The predicted molar refractivity (Wildman–Crippen MR) is 115 cm³/mol. The highest BCUT2D eigenvalue weighted by molar-refractivity contribution is 7.89. The number of benzene rings is 2. The van der Waals surface area contributed by atoms with Gasteiger partial charge in [0.25, 0.3) is 0 Å². The third kappa shape index (κ3) is 4.33. The molecule has 164 valence electrons. The maximum absolute atomic E-state index is 13.2. The van der Waals surface area contributed by atoms with E-state index in [0.29, 0.717) is 44.8 Å². The van der Waals surface area contributed by atoms with E-state index in [1.54, 1.807) is 4.57 Å². The lowest BCUT2D eigenvalue weighted by atomic mass is 9.97. The van der Waals surface area contributed by atoms with Gasteiger partial charge in [0.1, 0.15) is 11.6 Å². The number of nitrogens with zero attached hydrogens (tertiary/aromatic N) is 4. The van der Waals surface area contributed by atoms with Gasteiger partial charge in [0, 0.05) is 25.6 Å². The molecular formula is C22H25FN4O3S. The summed E-state index contributed by atoms with van der Waals surface area (Å²) in [7, 11) is -3.67. The molecule has 4 rings (SSSR count). The Morgan fingerprint density at radius 2 is 1.68 bits per heavy atom. The van der Waals surface area contributed by atoms with Gasteiger partial charge in [0.05, 0.1) is 11.4 Å². The molecule has 1 aliphatic rings. The van der Waals surface area contributed by atoms with Crippen LogP contribution in [0.3, 0.4) is 0 Å². The Morgan fingerprint density at radius 3 is 2.29 bits per heavy atom. The first-order valence-corrected chi connectivity index (χ1v) is 11.8. The summed E-state index contributed by atoms with van der Waals surface area (Å²) in [4.78, 5) is 12.9. The molecule has 0 aliphatic carbocycles. The largest absolute Gasteiger partial charge is 0.346 e. The van der Waals surface area contributed by atoms with Crippen LogP contribution >= 0.6 is 0 Å². The van der Waals surface area contributed by atoms with Gasteiger partial charge >= 0.3 is 5.69 Å². The zero-order valence-corrected chi connectivity index (χ0v) is 18.1. The molecule has 31 heavy (non-hydrogen) atoms. The second kappa shape index (κ2) is 8.76. The first-order chi connectivity index (χ1) is 14.9. The van der Waals surface area contributed by atoms with Crippen LogP contribution in [0, 0.1) is 5.82 Å². The smallest absolute Gasteiger partial charge is 0.279 e. The zero-order chi connectivity index (χ0) is 22.0. The van der Waals surface area contributed by atoms with Crippen LogP contribution in [0.15, 0.2) is 64.3 Å². The Morgan fingerprint density at radius 1 is 1.03 bits per heavy atom. The first kappa shape index (κ1) is 21.5. The van der Waals surface area contributed by atoms with Crippen molar-refractivity contribution in [2.75, 3.05) is 13.1 Å². The normalized spacial score (nSPS) is 15.9. The highest BCUT2D eigenvalue weighted by atomic mass is 32.2. The van der Waals surface area contributed by atoms with Crippen molar-refractivity contribution in [2.45, 2.75) is 43.7 Å². The SMILES string of the molecule is CCn1c(C2CCN(S(=O)(=O)c3ccc(F)cc3)CC2)nn(Cc2ccccc2)c1=O. The highest BCUT2D eigenvalue weighted by Gasteiger charge is 2.32. The van der Waals surface area contributed by atoms with E-state index >= 15 is 0 Å². The fraction of sp³-hybridized carbons (Fsp3) is 0.364. The summed E-state index contributed by atoms with van der Waals surface area (Å²) in [5.74, 6) is 0.243. The van der Waals surface area contributed by atoms with Crippen molar-refractivity contribution in [3.63, 3.8) is 0 Å². The summed E-state index contributed by atoms with van der Waals surface area (Å²) in [5, 5.41) is 4.61. The number of aromatic nitrogens is 3. The summed E-state index contributed by atoms with van der Waals surface area (Å²) >= 11 is 0. The third-order valence-electron chi connectivity index (χ3n) is 5.71. The van der Waals surface area contributed by atoms with Crippen LogP contribution in [0.1, 0.15) is 37.1 Å². The third-order valence-corrected chi connectivity index (χ3v) is 7.63. The molecule has 0 spiro atoms. The van der Waals surface area contributed by atoms with Gasteiger partial charge in [0.2, 0.25) is 10.0 Å². The summed E-state index contributed by atoms with van der Waals surface area (Å²) < 4.78 is 43.4. The molecule has 1 saturated heterocycles. The number of halogens is 1. The minimum atomic E-state index is -3.67. The number of sulfonamides is 1. The van der Waals surface area contributed by atoms with Crippen molar-refractivity contribution in [1.82, 2.24) is 18.7 Å². The van der Waals surface area contributed by atoms with Crippen LogP contribution in [0.2, 0.25) is 0 Å². The van der Waals surface area contributed by atoms with Gasteiger partial charge in [-0.15, -0.1) is 0 Å². The second-order valence-electron chi connectivity index (χ2n) is 7.66. The van der Waals surface area contributed by atoms with E-state index in [1.165, 1.54) is 21.1 Å². The number of rotatable bonds is 6. The predicted octanol–water partition coefficient (Wildman–Crippen LogP) is 2.82. The molecule has 0 unspecified atom stereocenters. The second-order valence-corrected chi connectivity index (χ2v) is 9.60. The van der Waals surface area contributed by atoms with Crippen LogP contribution in [-0.4, -0.2) is 40.2 Å². The molecule has 0 atom stereocenters. The van der Waals surface area contributed by atoms with Crippen molar-refractivity contribution in [1.29, 1.82) is 0 Å². The summed E-state index contributed by atoms with van der Waals surface area (Å²) in [6, 6.07) is 14.6. The van der Waals surface area contributed by atoms with Gasteiger partial charge < -0.3 is 0 Å². The fourth-order valence-corrected chi connectivity index (χ4v) is 5.50. The molecule has 0 N–H and O–H groups in total. The van der Waals surface area contributed by atoms with E-state index < -0.39 is 15.8 Å². The molecule has 0 bridgehead atoms. The van der Waals surface area contributed by atoms with Gasteiger partial charge in [-0.1, -0.05) is 30.3 Å². The molecule has 0 amide bonds. The van der Waals surface area contributed by atoms with E-state index in [0.717, 1.165) is 17.7 Å². The number of hydrogen-bond donors (Lipinski definition) is 0. The monoisotopic (exact) mass is 444 g/mol. The van der Waals surface area contributed by atoms with Crippen LogP contribution in [0.5, 0.6) is 0 Å². The van der Waals surface area contributed by atoms with Crippen molar-refractivity contribution in [3.8, 4) is 0 Å². The summed E-state index contributed by atoms with van der Waals surface area (Å²) in [6.45, 7) is 3.48. The van der Waals surface area contributed by atoms with E-state index in [1.807, 2.05) is 37.3 Å². The van der Waals surface area contributed by atoms with Gasteiger partial charge in [-0.3, -0.25) is 4.57 Å². The molecule has 3 aromatic rings. The van der Waals surface area contributed by atoms with Crippen LogP contribution in [-0.2, 0) is 23.1 Å². The maximum atomic E-state index is 13.2. The lowest BCUT2D eigenvalue weighted by Crippen LogP contribution is -2.38. The fourth-order valence-electron chi connectivity index (χ4n) is 4.03. The molecule has 1 aromatic heterocycles. The van der Waals surface area contributed by atoms with E-state index in [2.05, 4.69) is 5.10 Å². The lowest BCUT2D eigenvalue weighted by molar-refractivity contribution is 0.308. The van der Waals surface area contributed by atoms with Crippen LogP contribution in [0.4, 0.5) is 4.39 Å². The highest BCUT2D eigenvalue weighted by Crippen LogP contribution is 2.29. The molecule has 0 saturated carbocycles. The molecule has 0 radical (unpaired) electrons. The Balaban J connectivity index is 1.51. The molecule has 9 heteroatoms. The van der Waals surface area contributed by atoms with Gasteiger partial charge in [-0.25, -0.2) is 22.3 Å². The Bertz CT molecular complexity index is 1200. The Labute approximate surface area is 180 Å². The standard InChI is InChI=1S/C22H25FN4O3S/c1-2-26-21(24-27(22(26)28)16-17-6-4-3-5-7-17)18-12-14-25(15-13-18)31(29,30)20-10-8-19(23)9-11-20/h3-11,18H,2,12-16H2,1H3. The van der Waals surface area contributed by atoms with Crippen LogP contribution < -0.4 is 5.69 Å². The van der Waals surface area contributed by atoms with Crippen molar-refractivity contribution in [2.24, 2.45) is 0 Å². The first-order valence-electron chi connectivity index (χ1n) is 10.4. The topological polar surface area (TPSA) is 77.2 Å². The summed E-state index contributed by atoms with van der Waals surface area (Å²) in [6.07, 6.45) is 1.14. The molecular weight excluding hydrogens is 419 g/mol. The average Bonchev–Trinajstić information content (AvgIpc) is 3.10. The van der Waals surface area contributed by atoms with E-state index in [-0.39, 0.29) is 16.5 Å². The lowest BCUT2D eigenvalue weighted by Gasteiger charge is -2.30. The van der Waals surface area contributed by atoms with E-state index in [4.69, 9.17) is 0 Å². The van der Waals surface area contributed by atoms with Gasteiger partial charge in [-0.05, 0) is 49.6 Å². The maximum Gasteiger partial charge on any atom is 0.346 e. The Hall–Kier alpha value is -2.78. The average molecular weight is 445 g/mol. The van der Waals surface area contributed by atoms with Crippen molar-refractivity contribution < 1.29 is 12.8 Å². The zero-order valence-electron chi connectivity index (χ0n) is 17.3. The molecule has 2 aromatic carbocycles. The minimum absolute atomic E-state index is 0.00402. The Kier molecular flexibility index (Phi) is 6.06. The van der Waals surface area contributed by atoms with E-state index in [9.17, 15) is 17.6 Å². The van der Waals surface area contributed by atoms with Crippen molar-refractivity contribution >= 4 is 10.0 Å².